The van der Waals surface area contributed by atoms with E-state index in [2.05, 4.69) is 4.98 Å². The third-order valence-corrected chi connectivity index (χ3v) is 3.16. The number of hydrogen-bond donors (Lipinski definition) is 2. The molecule has 16 heavy (non-hydrogen) atoms. The van der Waals surface area contributed by atoms with E-state index in [4.69, 9.17) is 10.0 Å². The average molecular weight is 220 g/mol. The van der Waals surface area contributed by atoms with Crippen molar-refractivity contribution < 1.29 is 14.8 Å². The normalized spacial score (nSPS) is 17.6. The Morgan fingerprint density at radius 3 is 2.62 bits per heavy atom. The summed E-state index contributed by atoms with van der Waals surface area (Å²) in [5.74, 6) is -0.144. The molecule has 1 aromatic heterocycles. The second-order valence-corrected chi connectivity index (χ2v) is 4.46. The molecule has 0 saturated carbocycles. The molecular weight excluding hydrogens is 207 g/mol. The maximum Gasteiger partial charge on any atom is 0.490 e. The number of amides is 1. The standard InChI is InChI=1S/C10H13BN2O3/c1-10(2)8-7(9(14)13(10)3)4-6(5-12-8)11(15)16/h4-5,15-16H,1-3H3. The zero-order chi connectivity index (χ0) is 12.1. The lowest BCUT2D eigenvalue weighted by Gasteiger charge is -2.27. The fourth-order valence-electron chi connectivity index (χ4n) is 1.87. The number of carbonyl (C=O) groups excluding carboxylic acids is 1. The van der Waals surface area contributed by atoms with Gasteiger partial charge in [0.1, 0.15) is 0 Å². The topological polar surface area (TPSA) is 73.7 Å². The van der Waals surface area contributed by atoms with Crippen molar-refractivity contribution in [3.05, 3.63) is 23.5 Å². The highest BCUT2D eigenvalue weighted by Crippen LogP contribution is 2.34. The SMILES string of the molecule is CN1C(=O)c2cc(B(O)O)cnc2C1(C)C. The molecule has 0 atom stereocenters. The van der Waals surface area contributed by atoms with Crippen molar-refractivity contribution in [2.75, 3.05) is 7.05 Å². The van der Waals surface area contributed by atoms with Crippen LogP contribution in [0.25, 0.3) is 0 Å². The van der Waals surface area contributed by atoms with Gasteiger partial charge in [-0.15, -0.1) is 0 Å². The summed E-state index contributed by atoms with van der Waals surface area (Å²) in [6.45, 7) is 3.80. The second kappa shape index (κ2) is 3.30. The van der Waals surface area contributed by atoms with E-state index >= 15 is 0 Å². The summed E-state index contributed by atoms with van der Waals surface area (Å²) >= 11 is 0. The Labute approximate surface area is 93.9 Å². The first-order chi connectivity index (χ1) is 7.35. The number of aromatic nitrogens is 1. The van der Waals surface area contributed by atoms with Crippen molar-refractivity contribution in [1.29, 1.82) is 0 Å². The Bertz CT molecular complexity index is 459. The number of pyridine rings is 1. The summed E-state index contributed by atoms with van der Waals surface area (Å²) in [5.41, 5.74) is 0.895. The van der Waals surface area contributed by atoms with Crippen molar-refractivity contribution in [2.45, 2.75) is 19.4 Å². The van der Waals surface area contributed by atoms with Crippen LogP contribution < -0.4 is 5.46 Å². The molecule has 0 bridgehead atoms. The van der Waals surface area contributed by atoms with Gasteiger partial charge >= 0.3 is 7.12 Å². The number of fused-ring (bicyclic) bond motifs is 1. The van der Waals surface area contributed by atoms with E-state index in [0.717, 1.165) is 0 Å². The highest BCUT2D eigenvalue weighted by molar-refractivity contribution is 6.58. The summed E-state index contributed by atoms with van der Waals surface area (Å²) in [5, 5.41) is 18.1. The summed E-state index contributed by atoms with van der Waals surface area (Å²) in [6.07, 6.45) is 1.39. The third kappa shape index (κ3) is 1.34. The summed E-state index contributed by atoms with van der Waals surface area (Å²) in [4.78, 5) is 17.7. The van der Waals surface area contributed by atoms with Gasteiger partial charge in [0.05, 0.1) is 16.8 Å². The molecule has 0 fully saturated rings. The Morgan fingerprint density at radius 1 is 1.44 bits per heavy atom. The van der Waals surface area contributed by atoms with E-state index in [1.54, 1.807) is 11.9 Å². The zero-order valence-corrected chi connectivity index (χ0v) is 9.43. The van der Waals surface area contributed by atoms with Gasteiger partial charge in [-0.2, -0.15) is 0 Å². The van der Waals surface area contributed by atoms with E-state index < -0.39 is 12.7 Å². The molecule has 1 amide bonds. The van der Waals surface area contributed by atoms with Crippen LogP contribution in [0.4, 0.5) is 0 Å². The fraction of sp³-hybridized carbons (Fsp3) is 0.400. The first-order valence-corrected chi connectivity index (χ1v) is 5.00. The van der Waals surface area contributed by atoms with Crippen LogP contribution in [0.2, 0.25) is 0 Å². The van der Waals surface area contributed by atoms with Crippen LogP contribution in [-0.2, 0) is 5.54 Å². The molecule has 0 aromatic carbocycles. The number of carbonyl (C=O) groups is 1. The predicted molar refractivity (Wildman–Crippen MR) is 59.2 cm³/mol. The molecule has 2 N–H and O–H groups in total. The first-order valence-electron chi connectivity index (χ1n) is 5.00. The molecule has 0 unspecified atom stereocenters. The molecule has 0 spiro atoms. The minimum Gasteiger partial charge on any atom is -0.423 e. The zero-order valence-electron chi connectivity index (χ0n) is 9.43. The fourth-order valence-corrected chi connectivity index (χ4v) is 1.87. The van der Waals surface area contributed by atoms with Crippen LogP contribution in [-0.4, -0.2) is 40.0 Å². The molecular formula is C10H13BN2O3. The van der Waals surface area contributed by atoms with Crippen molar-refractivity contribution in [3.8, 4) is 0 Å². The van der Waals surface area contributed by atoms with Crippen LogP contribution in [0.1, 0.15) is 29.9 Å². The molecule has 1 aliphatic rings. The van der Waals surface area contributed by atoms with Crippen molar-refractivity contribution in [3.63, 3.8) is 0 Å². The lowest BCUT2D eigenvalue weighted by molar-refractivity contribution is 0.0688. The molecule has 2 rings (SSSR count). The molecule has 5 nitrogen and oxygen atoms in total. The molecule has 84 valence electrons. The largest absolute Gasteiger partial charge is 0.490 e. The van der Waals surface area contributed by atoms with E-state index in [9.17, 15) is 4.79 Å². The predicted octanol–water partition coefficient (Wildman–Crippen LogP) is -0.918. The molecule has 2 heterocycles. The first kappa shape index (κ1) is 11.1. The lowest BCUT2D eigenvalue weighted by atomic mass is 9.80. The van der Waals surface area contributed by atoms with Gasteiger partial charge in [0.2, 0.25) is 0 Å². The number of hydrogen-bond acceptors (Lipinski definition) is 4. The molecule has 0 saturated heterocycles. The molecule has 1 aromatic rings. The van der Waals surface area contributed by atoms with E-state index in [-0.39, 0.29) is 11.4 Å². The van der Waals surface area contributed by atoms with Crippen LogP contribution in [0, 0.1) is 0 Å². The van der Waals surface area contributed by atoms with E-state index in [1.807, 2.05) is 13.8 Å². The lowest BCUT2D eigenvalue weighted by Crippen LogP contribution is -2.35. The van der Waals surface area contributed by atoms with E-state index in [0.29, 0.717) is 11.3 Å². The van der Waals surface area contributed by atoms with Gasteiger partial charge in [-0.1, -0.05) is 0 Å². The molecule has 6 heteroatoms. The van der Waals surface area contributed by atoms with Crippen molar-refractivity contribution in [2.24, 2.45) is 0 Å². The number of nitrogens with zero attached hydrogens (tertiary/aromatic N) is 2. The number of rotatable bonds is 1. The highest BCUT2D eigenvalue weighted by atomic mass is 16.4. The Hall–Kier alpha value is -1.40. The van der Waals surface area contributed by atoms with Gasteiger partial charge in [0.15, 0.2) is 0 Å². The average Bonchev–Trinajstić information content (AvgIpc) is 2.40. The van der Waals surface area contributed by atoms with Gasteiger partial charge in [-0.25, -0.2) is 0 Å². The minimum atomic E-state index is -1.60. The summed E-state index contributed by atoms with van der Waals surface area (Å²) < 4.78 is 0. The van der Waals surface area contributed by atoms with E-state index in [1.165, 1.54) is 12.3 Å². The van der Waals surface area contributed by atoms with Gasteiger partial charge in [-0.05, 0) is 19.9 Å². The van der Waals surface area contributed by atoms with Crippen LogP contribution in [0.3, 0.4) is 0 Å². The van der Waals surface area contributed by atoms with Gasteiger partial charge in [0.25, 0.3) is 5.91 Å². The Balaban J connectivity index is 2.59. The highest BCUT2D eigenvalue weighted by Gasteiger charge is 2.42. The van der Waals surface area contributed by atoms with Crippen LogP contribution >= 0.6 is 0 Å². The molecule has 1 aliphatic heterocycles. The van der Waals surface area contributed by atoms with Crippen LogP contribution in [0.15, 0.2) is 12.3 Å². The van der Waals surface area contributed by atoms with Gasteiger partial charge < -0.3 is 14.9 Å². The van der Waals surface area contributed by atoms with Crippen molar-refractivity contribution >= 4 is 18.5 Å². The van der Waals surface area contributed by atoms with Crippen LogP contribution in [0.5, 0.6) is 0 Å². The third-order valence-electron chi connectivity index (χ3n) is 3.16. The van der Waals surface area contributed by atoms with Gasteiger partial charge in [0, 0.05) is 18.7 Å². The van der Waals surface area contributed by atoms with Crippen molar-refractivity contribution in [1.82, 2.24) is 9.88 Å². The smallest absolute Gasteiger partial charge is 0.423 e. The minimum absolute atomic E-state index is 0.144. The maximum absolute atomic E-state index is 11.9. The summed E-state index contributed by atoms with van der Waals surface area (Å²) in [7, 11) is 0.110. The second-order valence-electron chi connectivity index (χ2n) is 4.46. The monoisotopic (exact) mass is 220 g/mol. The quantitative estimate of drug-likeness (QED) is 0.600. The maximum atomic E-state index is 11.9. The van der Waals surface area contributed by atoms with Gasteiger partial charge in [-0.3, -0.25) is 9.78 Å². The Kier molecular flexibility index (Phi) is 2.29. The summed E-state index contributed by atoms with van der Waals surface area (Å²) in [6, 6.07) is 1.49. The molecule has 0 aliphatic carbocycles. The molecule has 0 radical (unpaired) electrons. The Morgan fingerprint density at radius 2 is 2.06 bits per heavy atom.